The van der Waals surface area contributed by atoms with Gasteiger partial charge in [0.25, 0.3) is 5.69 Å². The van der Waals surface area contributed by atoms with Crippen LogP contribution >= 0.6 is 0 Å². The van der Waals surface area contributed by atoms with E-state index in [0.717, 1.165) is 11.3 Å². The zero-order chi connectivity index (χ0) is 16.4. The van der Waals surface area contributed by atoms with Crippen LogP contribution in [0.25, 0.3) is 0 Å². The van der Waals surface area contributed by atoms with Gasteiger partial charge in [-0.3, -0.25) is 19.7 Å². The van der Waals surface area contributed by atoms with E-state index in [1.54, 1.807) is 6.07 Å². The maximum Gasteiger partial charge on any atom is 0.269 e. The van der Waals surface area contributed by atoms with Gasteiger partial charge in [0, 0.05) is 23.5 Å². The molecule has 2 aliphatic heterocycles. The summed E-state index contributed by atoms with van der Waals surface area (Å²) in [6, 6.07) is 12.1. The number of benzene rings is 2. The molecule has 7 nitrogen and oxygen atoms in total. The number of hydrogen-bond acceptors (Lipinski definition) is 4. The Morgan fingerprint density at radius 1 is 0.870 bits per heavy atom. The number of nitro benzene ring substituents is 1. The first-order valence-corrected chi connectivity index (χ1v) is 6.98. The summed E-state index contributed by atoms with van der Waals surface area (Å²) in [6.45, 7) is 0. The predicted molar refractivity (Wildman–Crippen MR) is 84.2 cm³/mol. The molecule has 2 aromatic rings. The van der Waals surface area contributed by atoms with E-state index in [1.807, 2.05) is 24.3 Å². The quantitative estimate of drug-likeness (QED) is 0.623. The van der Waals surface area contributed by atoms with Gasteiger partial charge in [0.2, 0.25) is 11.8 Å². The lowest BCUT2D eigenvalue weighted by Gasteiger charge is -1.96. The maximum atomic E-state index is 10.9. The molecule has 23 heavy (non-hydrogen) atoms. The van der Waals surface area contributed by atoms with Crippen molar-refractivity contribution in [3.63, 3.8) is 0 Å². The van der Waals surface area contributed by atoms with Crippen molar-refractivity contribution >= 4 is 28.9 Å². The van der Waals surface area contributed by atoms with Gasteiger partial charge in [-0.2, -0.15) is 0 Å². The third kappa shape index (κ3) is 3.18. The van der Waals surface area contributed by atoms with Crippen LogP contribution in [0.1, 0.15) is 11.1 Å². The van der Waals surface area contributed by atoms with Crippen molar-refractivity contribution in [2.45, 2.75) is 12.8 Å². The van der Waals surface area contributed by atoms with Gasteiger partial charge in [-0.15, -0.1) is 0 Å². The highest BCUT2D eigenvalue weighted by Gasteiger charge is 2.20. The van der Waals surface area contributed by atoms with Gasteiger partial charge < -0.3 is 10.6 Å². The molecule has 0 unspecified atom stereocenters. The van der Waals surface area contributed by atoms with Crippen molar-refractivity contribution in [3.05, 3.63) is 63.7 Å². The molecule has 0 aromatic heterocycles. The molecule has 2 aliphatic rings. The summed E-state index contributed by atoms with van der Waals surface area (Å²) in [5.41, 5.74) is 3.46. The molecule has 0 spiro atoms. The average Bonchev–Trinajstić information content (AvgIpc) is 3.06. The lowest BCUT2D eigenvalue weighted by molar-refractivity contribution is -0.384. The molecule has 0 radical (unpaired) electrons. The molecule has 7 heteroatoms. The molecular weight excluding hydrogens is 298 g/mol. The topological polar surface area (TPSA) is 101 Å². The van der Waals surface area contributed by atoms with Crippen LogP contribution in [0, 0.1) is 10.1 Å². The van der Waals surface area contributed by atoms with Crippen molar-refractivity contribution in [2.24, 2.45) is 0 Å². The molecule has 0 saturated heterocycles. The number of hydrogen-bond donors (Lipinski definition) is 2. The fourth-order valence-electron chi connectivity index (χ4n) is 2.49. The predicted octanol–water partition coefficient (Wildman–Crippen LogP) is 2.27. The molecule has 0 bridgehead atoms. The Labute approximate surface area is 131 Å². The highest BCUT2D eigenvalue weighted by molar-refractivity contribution is 5.99. The van der Waals surface area contributed by atoms with Crippen LogP contribution in [0.5, 0.6) is 0 Å². The van der Waals surface area contributed by atoms with Gasteiger partial charge in [-0.05, 0) is 23.3 Å². The number of non-ortho nitro benzene ring substituents is 1. The van der Waals surface area contributed by atoms with Gasteiger partial charge >= 0.3 is 0 Å². The fraction of sp³-hybridized carbons (Fsp3) is 0.125. The third-order valence-corrected chi connectivity index (χ3v) is 3.57. The lowest BCUT2D eigenvalue weighted by Crippen LogP contribution is -2.03. The Hall–Kier alpha value is -3.22. The van der Waals surface area contributed by atoms with Crippen LogP contribution < -0.4 is 10.6 Å². The molecule has 0 aliphatic carbocycles. The smallest absolute Gasteiger partial charge is 0.269 e. The molecule has 116 valence electrons. The van der Waals surface area contributed by atoms with Crippen LogP contribution in [-0.2, 0) is 22.4 Å². The number of amides is 2. The lowest BCUT2D eigenvalue weighted by atomic mass is 10.1. The Bertz CT molecular complexity index is 790. The van der Waals surface area contributed by atoms with Gasteiger partial charge in [0.1, 0.15) is 0 Å². The number of carbonyl (C=O) groups excluding carboxylic acids is 2. The molecule has 0 fully saturated rings. The number of fused-ring (bicyclic) bond motifs is 2. The normalized spacial score (nSPS) is 14.1. The van der Waals surface area contributed by atoms with E-state index >= 15 is 0 Å². The Balaban J connectivity index is 0.000000140. The van der Waals surface area contributed by atoms with Gasteiger partial charge in [-0.25, -0.2) is 0 Å². The minimum Gasteiger partial charge on any atom is -0.326 e. The summed E-state index contributed by atoms with van der Waals surface area (Å²) in [5.74, 6) is -0.0169. The van der Waals surface area contributed by atoms with Crippen molar-refractivity contribution in [1.29, 1.82) is 0 Å². The van der Waals surface area contributed by atoms with Crippen molar-refractivity contribution in [3.8, 4) is 0 Å². The third-order valence-electron chi connectivity index (χ3n) is 3.57. The number of nitrogens with one attached hydrogen (secondary N) is 2. The van der Waals surface area contributed by atoms with Crippen LogP contribution in [0.2, 0.25) is 0 Å². The molecule has 2 amide bonds. The van der Waals surface area contributed by atoms with E-state index in [9.17, 15) is 19.7 Å². The molecule has 0 saturated carbocycles. The highest BCUT2D eigenvalue weighted by Crippen LogP contribution is 2.26. The first-order valence-electron chi connectivity index (χ1n) is 6.98. The SMILES string of the molecule is O=C1Cc2cc([N+](=O)[O-])ccc2N1.O=C1Cc2ccccc2N1. The molecule has 2 N–H and O–H groups in total. The second-order valence-corrected chi connectivity index (χ2v) is 5.21. The van der Waals surface area contributed by atoms with E-state index in [2.05, 4.69) is 10.6 Å². The largest absolute Gasteiger partial charge is 0.326 e. The first kappa shape index (κ1) is 14.7. The van der Waals surface area contributed by atoms with E-state index < -0.39 is 4.92 Å². The summed E-state index contributed by atoms with van der Waals surface area (Å²) in [7, 11) is 0. The summed E-state index contributed by atoms with van der Waals surface area (Å²) >= 11 is 0. The number of anilines is 2. The van der Waals surface area contributed by atoms with E-state index in [4.69, 9.17) is 0 Å². The molecule has 0 atom stereocenters. The number of carbonyl (C=O) groups is 2. The minimum atomic E-state index is -0.469. The number of nitro groups is 1. The fourth-order valence-corrected chi connectivity index (χ4v) is 2.49. The van der Waals surface area contributed by atoms with E-state index in [1.165, 1.54) is 12.1 Å². The molecule has 2 heterocycles. The zero-order valence-electron chi connectivity index (χ0n) is 12.0. The second kappa shape index (κ2) is 5.88. The van der Waals surface area contributed by atoms with E-state index in [0.29, 0.717) is 17.7 Å². The Morgan fingerprint density at radius 3 is 2.13 bits per heavy atom. The summed E-state index contributed by atoms with van der Waals surface area (Å²) in [4.78, 5) is 31.6. The number of nitrogens with zero attached hydrogens (tertiary/aromatic N) is 1. The minimum absolute atomic E-state index is 0.0234. The first-order chi connectivity index (χ1) is 11.0. The molecule has 4 rings (SSSR count). The van der Waals surface area contributed by atoms with Gasteiger partial charge in [-0.1, -0.05) is 18.2 Å². The van der Waals surface area contributed by atoms with Crippen LogP contribution in [0.3, 0.4) is 0 Å². The Kier molecular flexibility index (Phi) is 3.76. The summed E-state index contributed by atoms with van der Waals surface area (Å²) in [5, 5.41) is 15.7. The molecular formula is C16H13N3O4. The highest BCUT2D eigenvalue weighted by atomic mass is 16.6. The number of rotatable bonds is 1. The van der Waals surface area contributed by atoms with Gasteiger partial charge in [0.05, 0.1) is 17.8 Å². The van der Waals surface area contributed by atoms with Gasteiger partial charge in [0.15, 0.2) is 0 Å². The average molecular weight is 311 g/mol. The van der Waals surface area contributed by atoms with Crippen molar-refractivity contribution in [1.82, 2.24) is 0 Å². The van der Waals surface area contributed by atoms with Crippen molar-refractivity contribution < 1.29 is 14.5 Å². The monoisotopic (exact) mass is 311 g/mol. The second-order valence-electron chi connectivity index (χ2n) is 5.21. The molecule has 2 aromatic carbocycles. The summed E-state index contributed by atoms with van der Waals surface area (Å²) < 4.78 is 0. The van der Waals surface area contributed by atoms with E-state index in [-0.39, 0.29) is 23.9 Å². The Morgan fingerprint density at radius 2 is 1.48 bits per heavy atom. The van der Waals surface area contributed by atoms with Crippen LogP contribution in [0.4, 0.5) is 17.1 Å². The van der Waals surface area contributed by atoms with Crippen LogP contribution in [-0.4, -0.2) is 16.7 Å². The summed E-state index contributed by atoms with van der Waals surface area (Å²) in [6.07, 6.45) is 0.771. The van der Waals surface area contributed by atoms with Crippen molar-refractivity contribution in [2.75, 3.05) is 10.6 Å². The standard InChI is InChI=1S/C8H6N2O3.C8H7NO/c11-8-4-5-3-6(10(12)13)1-2-7(5)9-8;10-8-5-6-3-1-2-4-7(6)9-8/h1-3H,4H2,(H,9,11);1-4H,5H2,(H,9,10). The number of para-hydroxylation sites is 1. The maximum absolute atomic E-state index is 10.9. The zero-order valence-corrected chi connectivity index (χ0v) is 12.0. The van der Waals surface area contributed by atoms with Crippen LogP contribution in [0.15, 0.2) is 42.5 Å².